The van der Waals surface area contributed by atoms with Crippen molar-refractivity contribution < 1.29 is 13.7 Å². The van der Waals surface area contributed by atoms with Crippen molar-refractivity contribution in [3.63, 3.8) is 0 Å². The summed E-state index contributed by atoms with van der Waals surface area (Å²) in [5.41, 5.74) is 1.67. The topological polar surface area (TPSA) is 46.3 Å². The minimum atomic E-state index is -0.286. The molecule has 0 aliphatic carbocycles. The fourth-order valence-electron chi connectivity index (χ4n) is 3.00. The summed E-state index contributed by atoms with van der Waals surface area (Å²) in [7, 11) is 0. The standard InChI is InChI=1S/C18H21FN2O2/c19-16-8-5-14(6-9-16)18-15(13-20-23-18)7-10-17(22)21-11-3-1-2-4-12-21/h5-6,8-9,13H,1-4,7,10-12H2. The van der Waals surface area contributed by atoms with Gasteiger partial charge in [-0.25, -0.2) is 4.39 Å². The molecule has 5 heteroatoms. The maximum atomic E-state index is 13.0. The number of aryl methyl sites for hydroxylation is 1. The second-order valence-corrected chi connectivity index (χ2v) is 5.98. The number of aromatic nitrogens is 1. The van der Waals surface area contributed by atoms with Gasteiger partial charge in [0.2, 0.25) is 5.91 Å². The van der Waals surface area contributed by atoms with E-state index in [1.54, 1.807) is 18.3 Å². The summed E-state index contributed by atoms with van der Waals surface area (Å²) in [6, 6.07) is 6.11. The third-order valence-electron chi connectivity index (χ3n) is 4.32. The van der Waals surface area contributed by atoms with Gasteiger partial charge in [-0.2, -0.15) is 0 Å². The second kappa shape index (κ2) is 7.40. The molecule has 1 saturated heterocycles. The molecule has 0 N–H and O–H groups in total. The van der Waals surface area contributed by atoms with Gasteiger partial charge >= 0.3 is 0 Å². The number of nitrogens with zero attached hydrogens (tertiary/aromatic N) is 2. The van der Waals surface area contributed by atoms with Crippen LogP contribution in [-0.2, 0) is 11.2 Å². The molecular formula is C18H21FN2O2. The molecule has 1 amide bonds. The second-order valence-electron chi connectivity index (χ2n) is 5.98. The van der Waals surface area contributed by atoms with Gasteiger partial charge in [0.25, 0.3) is 0 Å². The minimum absolute atomic E-state index is 0.193. The first-order chi connectivity index (χ1) is 11.2. The Labute approximate surface area is 135 Å². The summed E-state index contributed by atoms with van der Waals surface area (Å²) in [4.78, 5) is 14.3. The van der Waals surface area contributed by atoms with E-state index in [0.717, 1.165) is 37.1 Å². The highest BCUT2D eigenvalue weighted by Gasteiger charge is 2.17. The first kappa shape index (κ1) is 15.7. The van der Waals surface area contributed by atoms with Crippen molar-refractivity contribution >= 4 is 5.91 Å². The van der Waals surface area contributed by atoms with Crippen molar-refractivity contribution in [3.8, 4) is 11.3 Å². The van der Waals surface area contributed by atoms with Crippen LogP contribution in [0.5, 0.6) is 0 Å². The molecule has 0 unspecified atom stereocenters. The van der Waals surface area contributed by atoms with Gasteiger partial charge in [-0.1, -0.05) is 18.0 Å². The van der Waals surface area contributed by atoms with Gasteiger partial charge in [0.05, 0.1) is 6.20 Å². The predicted molar refractivity (Wildman–Crippen MR) is 85.3 cm³/mol. The van der Waals surface area contributed by atoms with Gasteiger partial charge in [-0.15, -0.1) is 0 Å². The lowest BCUT2D eigenvalue weighted by Gasteiger charge is -2.20. The molecule has 1 aromatic carbocycles. The predicted octanol–water partition coefficient (Wildman–Crippen LogP) is 3.82. The number of halogens is 1. The molecule has 122 valence electrons. The number of likely N-dealkylation sites (tertiary alicyclic amines) is 1. The van der Waals surface area contributed by atoms with Crippen molar-refractivity contribution in [1.29, 1.82) is 0 Å². The Hall–Kier alpha value is -2.17. The monoisotopic (exact) mass is 316 g/mol. The van der Waals surface area contributed by atoms with E-state index in [4.69, 9.17) is 4.52 Å². The number of benzene rings is 1. The minimum Gasteiger partial charge on any atom is -0.356 e. The summed E-state index contributed by atoms with van der Waals surface area (Å²) >= 11 is 0. The molecule has 23 heavy (non-hydrogen) atoms. The third kappa shape index (κ3) is 3.97. The molecule has 1 aromatic heterocycles. The first-order valence-corrected chi connectivity index (χ1v) is 8.21. The number of carbonyl (C=O) groups excluding carboxylic acids is 1. The Bertz CT molecular complexity index is 643. The fourth-order valence-corrected chi connectivity index (χ4v) is 3.00. The molecule has 0 spiro atoms. The van der Waals surface area contributed by atoms with Gasteiger partial charge in [0.1, 0.15) is 5.82 Å². The number of rotatable bonds is 4. The van der Waals surface area contributed by atoms with Crippen LogP contribution in [0.3, 0.4) is 0 Å². The highest BCUT2D eigenvalue weighted by atomic mass is 19.1. The lowest BCUT2D eigenvalue weighted by molar-refractivity contribution is -0.131. The van der Waals surface area contributed by atoms with Gasteiger partial charge in [-0.3, -0.25) is 4.79 Å². The van der Waals surface area contributed by atoms with Gasteiger partial charge in [0, 0.05) is 30.6 Å². The van der Waals surface area contributed by atoms with Crippen LogP contribution in [0.15, 0.2) is 35.0 Å². The van der Waals surface area contributed by atoms with E-state index in [-0.39, 0.29) is 11.7 Å². The molecule has 1 aliphatic rings. The molecule has 3 rings (SSSR count). The molecule has 0 saturated carbocycles. The zero-order chi connectivity index (χ0) is 16.1. The van der Waals surface area contributed by atoms with Crippen LogP contribution in [0, 0.1) is 5.82 Å². The molecule has 0 bridgehead atoms. The molecule has 0 atom stereocenters. The van der Waals surface area contributed by atoms with Crippen LogP contribution < -0.4 is 0 Å². The highest BCUT2D eigenvalue weighted by molar-refractivity contribution is 5.76. The number of amides is 1. The van der Waals surface area contributed by atoms with Gasteiger partial charge < -0.3 is 9.42 Å². The summed E-state index contributed by atoms with van der Waals surface area (Å²) in [6.07, 6.45) is 7.31. The van der Waals surface area contributed by atoms with E-state index >= 15 is 0 Å². The summed E-state index contributed by atoms with van der Waals surface area (Å²) in [5, 5.41) is 3.83. The molecular weight excluding hydrogens is 295 g/mol. The van der Waals surface area contributed by atoms with Gasteiger partial charge in [0.15, 0.2) is 5.76 Å². The zero-order valence-electron chi connectivity index (χ0n) is 13.1. The Kier molecular flexibility index (Phi) is 5.05. The van der Waals surface area contributed by atoms with E-state index in [2.05, 4.69) is 5.16 Å². The lowest BCUT2D eigenvalue weighted by atomic mass is 10.1. The molecule has 2 aromatic rings. The average Bonchev–Trinajstić information content (AvgIpc) is 2.86. The number of hydrogen-bond donors (Lipinski definition) is 0. The highest BCUT2D eigenvalue weighted by Crippen LogP contribution is 2.25. The lowest BCUT2D eigenvalue weighted by Crippen LogP contribution is -2.31. The fraction of sp³-hybridized carbons (Fsp3) is 0.444. The van der Waals surface area contributed by atoms with Crippen LogP contribution >= 0.6 is 0 Å². The van der Waals surface area contributed by atoms with Crippen molar-refractivity contribution in [1.82, 2.24) is 10.1 Å². The quantitative estimate of drug-likeness (QED) is 0.861. The first-order valence-electron chi connectivity index (χ1n) is 8.21. The van der Waals surface area contributed by atoms with Crippen LogP contribution in [0.4, 0.5) is 4.39 Å². The zero-order valence-corrected chi connectivity index (χ0v) is 13.1. The van der Waals surface area contributed by atoms with Crippen LogP contribution in [-0.4, -0.2) is 29.1 Å². The number of carbonyl (C=O) groups is 1. The maximum absolute atomic E-state index is 13.0. The van der Waals surface area contributed by atoms with E-state index in [1.165, 1.54) is 25.0 Å². The molecule has 1 aliphatic heterocycles. The Morgan fingerprint density at radius 3 is 2.52 bits per heavy atom. The number of hydrogen-bond acceptors (Lipinski definition) is 3. The van der Waals surface area contributed by atoms with Gasteiger partial charge in [-0.05, 0) is 43.5 Å². The van der Waals surface area contributed by atoms with Crippen molar-refractivity contribution in [2.45, 2.75) is 38.5 Å². The van der Waals surface area contributed by atoms with E-state index in [0.29, 0.717) is 18.6 Å². The van der Waals surface area contributed by atoms with Crippen molar-refractivity contribution in [2.75, 3.05) is 13.1 Å². The summed E-state index contributed by atoms with van der Waals surface area (Å²) in [5.74, 6) is 0.526. The Morgan fingerprint density at radius 2 is 1.83 bits per heavy atom. The van der Waals surface area contributed by atoms with E-state index < -0.39 is 0 Å². The Morgan fingerprint density at radius 1 is 1.13 bits per heavy atom. The molecule has 2 heterocycles. The normalized spacial score (nSPS) is 15.4. The van der Waals surface area contributed by atoms with E-state index in [9.17, 15) is 9.18 Å². The van der Waals surface area contributed by atoms with E-state index in [1.807, 2.05) is 4.90 Å². The SMILES string of the molecule is O=C(CCc1cnoc1-c1ccc(F)cc1)N1CCCCCC1. The van der Waals surface area contributed by atoms with Crippen molar-refractivity contribution in [3.05, 3.63) is 41.8 Å². The Balaban J connectivity index is 1.63. The molecule has 0 radical (unpaired) electrons. The molecule has 4 nitrogen and oxygen atoms in total. The average molecular weight is 316 g/mol. The molecule has 1 fully saturated rings. The van der Waals surface area contributed by atoms with Crippen LogP contribution in [0.2, 0.25) is 0 Å². The summed E-state index contributed by atoms with van der Waals surface area (Å²) in [6.45, 7) is 1.74. The largest absolute Gasteiger partial charge is 0.356 e. The van der Waals surface area contributed by atoms with Crippen LogP contribution in [0.25, 0.3) is 11.3 Å². The van der Waals surface area contributed by atoms with Crippen molar-refractivity contribution in [2.24, 2.45) is 0 Å². The third-order valence-corrected chi connectivity index (χ3v) is 4.32. The van der Waals surface area contributed by atoms with Crippen LogP contribution in [0.1, 0.15) is 37.7 Å². The smallest absolute Gasteiger partial charge is 0.222 e. The maximum Gasteiger partial charge on any atom is 0.222 e. The summed E-state index contributed by atoms with van der Waals surface area (Å²) < 4.78 is 18.3.